The summed E-state index contributed by atoms with van der Waals surface area (Å²) in [6.07, 6.45) is 4.83. The van der Waals surface area contributed by atoms with Crippen molar-refractivity contribution in [3.63, 3.8) is 0 Å². The van der Waals surface area contributed by atoms with Gasteiger partial charge in [0.05, 0.1) is 5.52 Å². The number of nitrogens with zero attached hydrogens (tertiary/aromatic N) is 2. The number of aromatic nitrogens is 1. The topological polar surface area (TPSA) is 46.5 Å². The summed E-state index contributed by atoms with van der Waals surface area (Å²) in [6.45, 7) is 7.35. The molecule has 1 saturated heterocycles. The molecule has 2 aromatic carbocycles. The molecule has 3 aromatic rings. The zero-order chi connectivity index (χ0) is 21.5. The van der Waals surface area contributed by atoms with Gasteiger partial charge in [0.25, 0.3) is 5.91 Å². The van der Waals surface area contributed by atoms with Crippen LogP contribution in [0.3, 0.4) is 0 Å². The average molecular weight is 420 g/mol. The quantitative estimate of drug-likeness (QED) is 0.540. The standard InChI is InChI=1S/C26H33N3O2/c1-2-15-29-23-12-9-13-25(31-20-21-10-5-3-6-11-21)22(23)19-24(29)26(30)27-14-18-28-16-7-4-8-17-28/h3,5-6,9-13,19H,2,4,7-8,14-18,20H2,1H3,(H,27,30). The van der Waals surface area contributed by atoms with E-state index in [0.29, 0.717) is 18.8 Å². The average Bonchev–Trinajstić information content (AvgIpc) is 3.18. The molecule has 0 saturated carbocycles. The Bertz CT molecular complexity index is 991. The van der Waals surface area contributed by atoms with E-state index in [0.717, 1.165) is 54.8 Å². The second-order valence-corrected chi connectivity index (χ2v) is 8.30. The minimum absolute atomic E-state index is 0.00401. The van der Waals surface area contributed by atoms with Crippen LogP contribution in [0.25, 0.3) is 10.9 Å². The van der Waals surface area contributed by atoms with Crippen LogP contribution in [0.5, 0.6) is 5.75 Å². The number of rotatable bonds is 9. The minimum atomic E-state index is -0.00401. The molecular weight excluding hydrogens is 386 g/mol. The number of aryl methyl sites for hydroxylation is 1. The number of hydrogen-bond donors (Lipinski definition) is 1. The molecule has 31 heavy (non-hydrogen) atoms. The fourth-order valence-corrected chi connectivity index (χ4v) is 4.37. The Hall–Kier alpha value is -2.79. The Labute approximate surface area is 185 Å². The second kappa shape index (κ2) is 10.5. The van der Waals surface area contributed by atoms with Crippen molar-refractivity contribution in [3.05, 3.63) is 65.9 Å². The number of carbonyl (C=O) groups excluding carboxylic acids is 1. The van der Waals surface area contributed by atoms with E-state index in [1.807, 2.05) is 36.4 Å². The summed E-state index contributed by atoms with van der Waals surface area (Å²) in [5, 5.41) is 4.13. The van der Waals surface area contributed by atoms with Crippen molar-refractivity contribution in [2.75, 3.05) is 26.2 Å². The molecule has 5 heteroatoms. The maximum atomic E-state index is 13.1. The number of nitrogens with one attached hydrogen (secondary N) is 1. The molecule has 1 aliphatic rings. The van der Waals surface area contributed by atoms with Crippen LogP contribution in [0, 0.1) is 0 Å². The summed E-state index contributed by atoms with van der Waals surface area (Å²) in [6, 6.07) is 18.2. The van der Waals surface area contributed by atoms with Crippen LogP contribution in [0.4, 0.5) is 0 Å². The SMILES string of the molecule is CCCn1c(C(=O)NCCN2CCCCC2)cc2c(OCc3ccccc3)cccc21. The zero-order valence-electron chi connectivity index (χ0n) is 18.5. The van der Waals surface area contributed by atoms with Gasteiger partial charge in [-0.05, 0) is 56.1 Å². The molecule has 0 spiro atoms. The molecule has 0 radical (unpaired) electrons. The highest BCUT2D eigenvalue weighted by atomic mass is 16.5. The molecular formula is C26H33N3O2. The monoisotopic (exact) mass is 419 g/mol. The highest BCUT2D eigenvalue weighted by Crippen LogP contribution is 2.30. The zero-order valence-corrected chi connectivity index (χ0v) is 18.5. The normalized spacial score (nSPS) is 14.6. The lowest BCUT2D eigenvalue weighted by Crippen LogP contribution is -2.38. The largest absolute Gasteiger partial charge is 0.488 e. The molecule has 2 heterocycles. The molecule has 0 aliphatic carbocycles. The Morgan fingerprint density at radius 1 is 1.00 bits per heavy atom. The first kappa shape index (κ1) is 21.4. The summed E-state index contributed by atoms with van der Waals surface area (Å²) in [5.74, 6) is 0.814. The number of hydrogen-bond acceptors (Lipinski definition) is 3. The molecule has 0 bridgehead atoms. The van der Waals surface area contributed by atoms with Gasteiger partial charge in [0.1, 0.15) is 18.1 Å². The number of likely N-dealkylation sites (tertiary alicyclic amines) is 1. The Kier molecular flexibility index (Phi) is 7.26. The van der Waals surface area contributed by atoms with Crippen molar-refractivity contribution in [2.24, 2.45) is 0 Å². The predicted molar refractivity (Wildman–Crippen MR) is 126 cm³/mol. The van der Waals surface area contributed by atoms with Gasteiger partial charge in [0.2, 0.25) is 0 Å². The highest BCUT2D eigenvalue weighted by molar-refractivity contribution is 6.00. The molecule has 0 atom stereocenters. The van der Waals surface area contributed by atoms with Crippen molar-refractivity contribution in [3.8, 4) is 5.75 Å². The molecule has 1 aromatic heterocycles. The van der Waals surface area contributed by atoms with Gasteiger partial charge in [-0.2, -0.15) is 0 Å². The summed E-state index contributed by atoms with van der Waals surface area (Å²) < 4.78 is 8.27. The lowest BCUT2D eigenvalue weighted by atomic mass is 10.1. The third-order valence-corrected chi connectivity index (χ3v) is 5.99. The van der Waals surface area contributed by atoms with Crippen LogP contribution >= 0.6 is 0 Å². The number of ether oxygens (including phenoxy) is 1. The predicted octanol–water partition coefficient (Wildman–Crippen LogP) is 4.85. The molecule has 1 N–H and O–H groups in total. The van der Waals surface area contributed by atoms with Gasteiger partial charge in [-0.3, -0.25) is 4.79 Å². The third-order valence-electron chi connectivity index (χ3n) is 5.99. The van der Waals surface area contributed by atoms with Crippen LogP contribution in [-0.2, 0) is 13.2 Å². The van der Waals surface area contributed by atoms with Gasteiger partial charge < -0.3 is 19.5 Å². The van der Waals surface area contributed by atoms with E-state index in [1.165, 1.54) is 19.3 Å². The van der Waals surface area contributed by atoms with Crippen molar-refractivity contribution < 1.29 is 9.53 Å². The molecule has 1 aliphatic heterocycles. The first-order chi connectivity index (χ1) is 15.3. The fourth-order valence-electron chi connectivity index (χ4n) is 4.37. The Balaban J connectivity index is 1.50. The van der Waals surface area contributed by atoms with Gasteiger partial charge in [0.15, 0.2) is 0 Å². The van der Waals surface area contributed by atoms with Crippen LogP contribution in [0.15, 0.2) is 54.6 Å². The third kappa shape index (κ3) is 5.28. The van der Waals surface area contributed by atoms with E-state index in [2.05, 4.69) is 39.9 Å². The van der Waals surface area contributed by atoms with E-state index in [-0.39, 0.29) is 5.91 Å². The number of amides is 1. The number of fused-ring (bicyclic) bond motifs is 1. The first-order valence-corrected chi connectivity index (χ1v) is 11.6. The number of benzene rings is 2. The molecule has 1 amide bonds. The van der Waals surface area contributed by atoms with E-state index in [4.69, 9.17) is 4.74 Å². The number of carbonyl (C=O) groups is 1. The fraction of sp³-hybridized carbons (Fsp3) is 0.423. The van der Waals surface area contributed by atoms with Crippen LogP contribution < -0.4 is 10.1 Å². The van der Waals surface area contributed by atoms with Gasteiger partial charge in [-0.15, -0.1) is 0 Å². The summed E-state index contributed by atoms with van der Waals surface area (Å²) >= 11 is 0. The lowest BCUT2D eigenvalue weighted by Gasteiger charge is -2.26. The molecule has 4 rings (SSSR count). The van der Waals surface area contributed by atoms with Gasteiger partial charge in [0, 0.05) is 25.0 Å². The van der Waals surface area contributed by atoms with Crippen LogP contribution in [-0.4, -0.2) is 41.6 Å². The maximum Gasteiger partial charge on any atom is 0.267 e. The second-order valence-electron chi connectivity index (χ2n) is 8.30. The smallest absolute Gasteiger partial charge is 0.267 e. The summed E-state index contributed by atoms with van der Waals surface area (Å²) in [4.78, 5) is 15.5. The molecule has 0 unspecified atom stereocenters. The molecule has 5 nitrogen and oxygen atoms in total. The van der Waals surface area contributed by atoms with Gasteiger partial charge >= 0.3 is 0 Å². The van der Waals surface area contributed by atoms with Gasteiger partial charge in [-0.25, -0.2) is 0 Å². The van der Waals surface area contributed by atoms with E-state index < -0.39 is 0 Å². The van der Waals surface area contributed by atoms with Crippen molar-refractivity contribution in [2.45, 2.75) is 45.8 Å². The Morgan fingerprint density at radius 2 is 1.81 bits per heavy atom. The minimum Gasteiger partial charge on any atom is -0.488 e. The highest BCUT2D eigenvalue weighted by Gasteiger charge is 2.18. The van der Waals surface area contributed by atoms with E-state index >= 15 is 0 Å². The number of piperidine rings is 1. The van der Waals surface area contributed by atoms with Crippen LogP contribution in [0.2, 0.25) is 0 Å². The van der Waals surface area contributed by atoms with E-state index in [9.17, 15) is 4.79 Å². The summed E-state index contributed by atoms with van der Waals surface area (Å²) in [7, 11) is 0. The lowest BCUT2D eigenvalue weighted by molar-refractivity contribution is 0.0937. The van der Waals surface area contributed by atoms with Crippen molar-refractivity contribution >= 4 is 16.8 Å². The first-order valence-electron chi connectivity index (χ1n) is 11.6. The summed E-state index contributed by atoms with van der Waals surface area (Å²) in [5.41, 5.74) is 2.89. The van der Waals surface area contributed by atoms with Crippen molar-refractivity contribution in [1.82, 2.24) is 14.8 Å². The van der Waals surface area contributed by atoms with Gasteiger partial charge in [-0.1, -0.05) is 49.7 Å². The Morgan fingerprint density at radius 3 is 2.58 bits per heavy atom. The maximum absolute atomic E-state index is 13.1. The van der Waals surface area contributed by atoms with Crippen molar-refractivity contribution in [1.29, 1.82) is 0 Å². The van der Waals surface area contributed by atoms with Crippen LogP contribution in [0.1, 0.15) is 48.7 Å². The van der Waals surface area contributed by atoms with E-state index in [1.54, 1.807) is 0 Å². The molecule has 1 fully saturated rings. The molecule has 164 valence electrons.